The highest BCUT2D eigenvalue weighted by atomic mass is 16.2. The lowest BCUT2D eigenvalue weighted by Crippen LogP contribution is -2.37. The van der Waals surface area contributed by atoms with Gasteiger partial charge in [0.15, 0.2) is 0 Å². The third kappa shape index (κ3) is 3.60. The van der Waals surface area contributed by atoms with Gasteiger partial charge in [0.1, 0.15) is 0 Å². The van der Waals surface area contributed by atoms with Crippen molar-refractivity contribution in [3.8, 4) is 0 Å². The number of carbonyl (C=O) groups is 1. The largest absolute Gasteiger partial charge is 0.327 e. The van der Waals surface area contributed by atoms with Crippen LogP contribution in [0.4, 0.5) is 5.69 Å². The van der Waals surface area contributed by atoms with Gasteiger partial charge in [0.2, 0.25) is 5.91 Å². The third-order valence-corrected chi connectivity index (χ3v) is 4.37. The lowest BCUT2D eigenvalue weighted by atomic mass is 9.83. The minimum absolute atomic E-state index is 0.178. The molecule has 110 valence electrons. The molecule has 2 atom stereocenters. The number of hydrogen-bond donors (Lipinski definition) is 1. The Morgan fingerprint density at radius 3 is 2.40 bits per heavy atom. The molecule has 0 bridgehead atoms. The van der Waals surface area contributed by atoms with E-state index in [1.165, 1.54) is 24.0 Å². The Balaban J connectivity index is 2.04. The van der Waals surface area contributed by atoms with Crippen molar-refractivity contribution in [1.29, 1.82) is 0 Å². The van der Waals surface area contributed by atoms with E-state index in [2.05, 4.69) is 32.0 Å². The summed E-state index contributed by atoms with van der Waals surface area (Å²) in [7, 11) is 1.87. The molecule has 1 saturated carbocycles. The minimum atomic E-state index is 0.178. The second kappa shape index (κ2) is 6.40. The lowest BCUT2D eigenvalue weighted by Gasteiger charge is -2.29. The molecule has 2 N–H and O–H groups in total. The Morgan fingerprint density at radius 1 is 1.20 bits per heavy atom. The SMILES string of the molecule is Cc1cc(C)cc(N(C)C(=O)CC2CCCCC2N)c1. The van der Waals surface area contributed by atoms with Crippen molar-refractivity contribution in [3.05, 3.63) is 29.3 Å². The molecule has 2 unspecified atom stereocenters. The summed E-state index contributed by atoms with van der Waals surface area (Å²) in [5, 5.41) is 0. The van der Waals surface area contributed by atoms with Crippen LogP contribution in [0.2, 0.25) is 0 Å². The molecule has 0 heterocycles. The zero-order chi connectivity index (χ0) is 14.7. The van der Waals surface area contributed by atoms with Crippen LogP contribution < -0.4 is 10.6 Å². The topological polar surface area (TPSA) is 46.3 Å². The van der Waals surface area contributed by atoms with E-state index in [0.717, 1.165) is 18.5 Å². The van der Waals surface area contributed by atoms with Crippen molar-refractivity contribution in [2.24, 2.45) is 11.7 Å². The van der Waals surface area contributed by atoms with E-state index in [-0.39, 0.29) is 11.9 Å². The first-order valence-electron chi connectivity index (χ1n) is 7.58. The minimum Gasteiger partial charge on any atom is -0.327 e. The van der Waals surface area contributed by atoms with Gasteiger partial charge in [-0.1, -0.05) is 18.9 Å². The van der Waals surface area contributed by atoms with Gasteiger partial charge in [-0.25, -0.2) is 0 Å². The number of carbonyl (C=O) groups excluding carboxylic acids is 1. The summed E-state index contributed by atoms with van der Waals surface area (Å²) in [5.74, 6) is 0.530. The Labute approximate surface area is 122 Å². The predicted octanol–water partition coefficient (Wildman–Crippen LogP) is 3.17. The molecular formula is C17H26N2O. The molecule has 20 heavy (non-hydrogen) atoms. The van der Waals surface area contributed by atoms with Crippen LogP contribution in [0.25, 0.3) is 0 Å². The van der Waals surface area contributed by atoms with E-state index in [4.69, 9.17) is 5.73 Å². The highest BCUT2D eigenvalue weighted by Crippen LogP contribution is 2.27. The fourth-order valence-corrected chi connectivity index (χ4v) is 3.14. The fraction of sp³-hybridized carbons (Fsp3) is 0.588. The fourth-order valence-electron chi connectivity index (χ4n) is 3.14. The zero-order valence-corrected chi connectivity index (χ0v) is 12.9. The van der Waals surface area contributed by atoms with E-state index in [9.17, 15) is 4.79 Å². The number of rotatable bonds is 3. The average molecular weight is 274 g/mol. The van der Waals surface area contributed by atoms with Gasteiger partial charge >= 0.3 is 0 Å². The normalized spacial score (nSPS) is 22.6. The molecule has 1 amide bonds. The molecule has 0 spiro atoms. The van der Waals surface area contributed by atoms with Gasteiger partial charge in [-0.2, -0.15) is 0 Å². The molecular weight excluding hydrogens is 248 g/mol. The summed E-state index contributed by atoms with van der Waals surface area (Å²) in [5.41, 5.74) is 9.50. The van der Waals surface area contributed by atoms with Crippen LogP contribution in [-0.4, -0.2) is 19.0 Å². The maximum absolute atomic E-state index is 12.5. The smallest absolute Gasteiger partial charge is 0.227 e. The Hall–Kier alpha value is -1.35. The van der Waals surface area contributed by atoms with Crippen LogP contribution in [-0.2, 0) is 4.79 Å². The van der Waals surface area contributed by atoms with Gasteiger partial charge in [0, 0.05) is 25.2 Å². The second-order valence-corrected chi connectivity index (χ2v) is 6.21. The Bertz CT molecular complexity index is 464. The van der Waals surface area contributed by atoms with Crippen molar-refractivity contribution in [2.75, 3.05) is 11.9 Å². The van der Waals surface area contributed by atoms with Crippen LogP contribution >= 0.6 is 0 Å². The van der Waals surface area contributed by atoms with Crippen molar-refractivity contribution < 1.29 is 4.79 Å². The molecule has 1 aromatic rings. The molecule has 0 radical (unpaired) electrons. The molecule has 1 fully saturated rings. The number of anilines is 1. The molecule has 2 rings (SSSR count). The number of amides is 1. The standard InChI is InChI=1S/C17H26N2O/c1-12-8-13(2)10-15(9-12)19(3)17(20)11-14-6-4-5-7-16(14)18/h8-10,14,16H,4-7,11,18H2,1-3H3. The highest BCUT2D eigenvalue weighted by Gasteiger charge is 2.25. The first-order chi connectivity index (χ1) is 9.47. The van der Waals surface area contributed by atoms with Gasteiger partial charge < -0.3 is 10.6 Å². The third-order valence-electron chi connectivity index (χ3n) is 4.37. The maximum atomic E-state index is 12.5. The predicted molar refractivity (Wildman–Crippen MR) is 83.9 cm³/mol. The maximum Gasteiger partial charge on any atom is 0.227 e. The molecule has 0 saturated heterocycles. The number of benzene rings is 1. The molecule has 3 nitrogen and oxygen atoms in total. The van der Waals surface area contributed by atoms with Gasteiger partial charge in [0.25, 0.3) is 0 Å². The summed E-state index contributed by atoms with van der Waals surface area (Å²) in [6.45, 7) is 4.12. The van der Waals surface area contributed by atoms with Gasteiger partial charge in [0.05, 0.1) is 0 Å². The van der Waals surface area contributed by atoms with Crippen molar-refractivity contribution in [3.63, 3.8) is 0 Å². The van der Waals surface area contributed by atoms with Crippen molar-refractivity contribution >= 4 is 11.6 Å². The highest BCUT2D eigenvalue weighted by molar-refractivity contribution is 5.93. The number of hydrogen-bond acceptors (Lipinski definition) is 2. The van der Waals surface area contributed by atoms with Crippen LogP contribution in [0, 0.1) is 19.8 Å². The van der Waals surface area contributed by atoms with Crippen LogP contribution in [0.15, 0.2) is 18.2 Å². The Morgan fingerprint density at radius 2 is 1.80 bits per heavy atom. The quantitative estimate of drug-likeness (QED) is 0.920. The van der Waals surface area contributed by atoms with Crippen LogP contribution in [0.3, 0.4) is 0 Å². The summed E-state index contributed by atoms with van der Waals surface area (Å²) >= 11 is 0. The summed E-state index contributed by atoms with van der Waals surface area (Å²) in [6.07, 6.45) is 5.14. The van der Waals surface area contributed by atoms with E-state index < -0.39 is 0 Å². The number of nitrogens with zero attached hydrogens (tertiary/aromatic N) is 1. The molecule has 1 aliphatic rings. The van der Waals surface area contributed by atoms with Gasteiger partial charge in [-0.3, -0.25) is 4.79 Å². The van der Waals surface area contributed by atoms with E-state index in [0.29, 0.717) is 12.3 Å². The number of aryl methyl sites for hydroxylation is 2. The summed E-state index contributed by atoms with van der Waals surface area (Å²) in [6, 6.07) is 6.44. The van der Waals surface area contributed by atoms with Crippen molar-refractivity contribution in [1.82, 2.24) is 0 Å². The van der Waals surface area contributed by atoms with E-state index in [1.807, 2.05) is 7.05 Å². The summed E-state index contributed by atoms with van der Waals surface area (Å²) in [4.78, 5) is 14.2. The molecule has 3 heteroatoms. The number of nitrogens with two attached hydrogens (primary N) is 1. The first-order valence-corrected chi connectivity index (χ1v) is 7.58. The molecule has 0 aromatic heterocycles. The summed E-state index contributed by atoms with van der Waals surface area (Å²) < 4.78 is 0. The van der Waals surface area contributed by atoms with Crippen LogP contribution in [0.5, 0.6) is 0 Å². The van der Waals surface area contributed by atoms with E-state index in [1.54, 1.807) is 4.90 Å². The van der Waals surface area contributed by atoms with Crippen molar-refractivity contribution in [2.45, 2.75) is 52.0 Å². The van der Waals surface area contributed by atoms with Gasteiger partial charge in [-0.15, -0.1) is 0 Å². The van der Waals surface area contributed by atoms with Gasteiger partial charge in [-0.05, 0) is 55.9 Å². The lowest BCUT2D eigenvalue weighted by molar-refractivity contribution is -0.119. The second-order valence-electron chi connectivity index (χ2n) is 6.21. The first kappa shape index (κ1) is 15.0. The Kier molecular flexibility index (Phi) is 4.81. The van der Waals surface area contributed by atoms with E-state index >= 15 is 0 Å². The monoisotopic (exact) mass is 274 g/mol. The van der Waals surface area contributed by atoms with Crippen LogP contribution in [0.1, 0.15) is 43.2 Å². The average Bonchev–Trinajstić information content (AvgIpc) is 2.39. The zero-order valence-electron chi connectivity index (χ0n) is 12.9. The molecule has 1 aromatic carbocycles. The molecule has 1 aliphatic carbocycles. The molecule has 0 aliphatic heterocycles.